The molecule has 54 heavy (non-hydrogen) atoms. The summed E-state index contributed by atoms with van der Waals surface area (Å²) in [5, 5.41) is 0. The molecule has 270 valence electrons. The van der Waals surface area contributed by atoms with E-state index in [4.69, 9.17) is 44.9 Å². The van der Waals surface area contributed by atoms with Crippen LogP contribution in [0.1, 0.15) is 79.8 Å². The van der Waals surface area contributed by atoms with Gasteiger partial charge in [-0.25, -0.2) is 44.9 Å². The zero-order valence-corrected chi connectivity index (χ0v) is 32.4. The molecule has 0 aliphatic rings. The van der Waals surface area contributed by atoms with Gasteiger partial charge in [-0.05, 0) is 12.1 Å². The molecule has 0 atom stereocenters. The first-order valence-electron chi connectivity index (χ1n) is 18.2. The van der Waals surface area contributed by atoms with E-state index >= 15 is 0 Å². The minimum absolute atomic E-state index is 0.248. The molecule has 0 bridgehead atoms. The summed E-state index contributed by atoms with van der Waals surface area (Å²) in [6, 6.07) is 36.1. The Morgan fingerprint density at radius 2 is 0.500 bits per heavy atom. The summed E-state index contributed by atoms with van der Waals surface area (Å²) in [6.07, 6.45) is 0. The molecule has 0 saturated carbocycles. The van der Waals surface area contributed by atoms with E-state index in [2.05, 4.69) is 68.4 Å². The van der Waals surface area contributed by atoms with Crippen LogP contribution in [-0.2, 0) is 16.2 Å². The summed E-state index contributed by atoms with van der Waals surface area (Å²) in [4.78, 5) is 44.6. The largest absolute Gasteiger partial charge is 0.217 e. The molecular formula is C45H45N9. The van der Waals surface area contributed by atoms with Gasteiger partial charge in [0.25, 0.3) is 0 Å². The molecule has 0 fully saturated rings. The highest BCUT2D eigenvalue weighted by molar-refractivity contribution is 5.72. The van der Waals surface area contributed by atoms with Crippen molar-refractivity contribution in [2.75, 3.05) is 0 Å². The van der Waals surface area contributed by atoms with Gasteiger partial charge < -0.3 is 0 Å². The first-order chi connectivity index (χ1) is 25.6. The maximum atomic E-state index is 5.07. The second-order valence-electron chi connectivity index (χ2n) is 16.6. The molecule has 0 N–H and O–H groups in total. The van der Waals surface area contributed by atoms with Crippen molar-refractivity contribution in [1.82, 2.24) is 44.9 Å². The van der Waals surface area contributed by atoms with Gasteiger partial charge in [-0.2, -0.15) is 0 Å². The fourth-order valence-corrected chi connectivity index (χ4v) is 5.68. The quantitative estimate of drug-likeness (QED) is 0.166. The zero-order valence-electron chi connectivity index (χ0n) is 32.4. The Balaban J connectivity index is 1.34. The van der Waals surface area contributed by atoms with Crippen LogP contribution in [0.4, 0.5) is 0 Å². The molecule has 3 aromatic heterocycles. The van der Waals surface area contributed by atoms with Crippen LogP contribution in [0.5, 0.6) is 0 Å². The Morgan fingerprint density at radius 1 is 0.259 bits per heavy atom. The SMILES string of the molecule is CC(C)(C)c1nc(-c2cccc(-c3nc(-c4ccccc4)nc(-c4ccccc4)n3)c2)nc(-c2cccc(-c3nc(C(C)(C)C)nc(C(C)(C)C)n3)c2)n1. The highest BCUT2D eigenvalue weighted by Crippen LogP contribution is 2.32. The minimum Gasteiger partial charge on any atom is -0.217 e. The molecule has 0 unspecified atom stereocenters. The summed E-state index contributed by atoms with van der Waals surface area (Å²) in [5.74, 6) is 5.70. The van der Waals surface area contributed by atoms with Gasteiger partial charge in [-0.3, -0.25) is 0 Å². The Kier molecular flexibility index (Phi) is 9.43. The van der Waals surface area contributed by atoms with Crippen LogP contribution in [0.25, 0.3) is 68.3 Å². The van der Waals surface area contributed by atoms with Crippen LogP contribution in [0, 0.1) is 0 Å². The fourth-order valence-electron chi connectivity index (χ4n) is 5.68. The van der Waals surface area contributed by atoms with Crippen LogP contribution in [0.2, 0.25) is 0 Å². The smallest absolute Gasteiger partial charge is 0.164 e. The Morgan fingerprint density at radius 3 is 0.815 bits per heavy atom. The van der Waals surface area contributed by atoms with Crippen LogP contribution < -0.4 is 0 Å². The first-order valence-corrected chi connectivity index (χ1v) is 18.2. The number of hydrogen-bond donors (Lipinski definition) is 0. The monoisotopic (exact) mass is 711 g/mol. The van der Waals surface area contributed by atoms with E-state index in [1.54, 1.807) is 0 Å². The third kappa shape index (κ3) is 7.95. The van der Waals surface area contributed by atoms with E-state index in [1.807, 2.05) is 103 Å². The number of hydrogen-bond acceptors (Lipinski definition) is 9. The lowest BCUT2D eigenvalue weighted by Crippen LogP contribution is -2.24. The minimum atomic E-state index is -0.345. The van der Waals surface area contributed by atoms with Gasteiger partial charge in [0.05, 0.1) is 0 Å². The predicted octanol–water partition coefficient (Wildman–Crippen LogP) is 10.1. The third-order valence-corrected chi connectivity index (χ3v) is 8.74. The topological polar surface area (TPSA) is 116 Å². The van der Waals surface area contributed by atoms with Crippen molar-refractivity contribution in [2.45, 2.75) is 78.6 Å². The van der Waals surface area contributed by atoms with Crippen LogP contribution in [0.15, 0.2) is 109 Å². The van der Waals surface area contributed by atoms with Crippen molar-refractivity contribution in [3.8, 4) is 68.3 Å². The molecule has 0 aliphatic carbocycles. The van der Waals surface area contributed by atoms with Crippen molar-refractivity contribution >= 4 is 0 Å². The molecular weight excluding hydrogens is 667 g/mol. The highest BCUT2D eigenvalue weighted by Gasteiger charge is 2.26. The van der Waals surface area contributed by atoms with Crippen LogP contribution >= 0.6 is 0 Å². The number of nitrogens with zero attached hydrogens (tertiary/aromatic N) is 9. The second-order valence-corrected chi connectivity index (χ2v) is 16.6. The fraction of sp³-hybridized carbons (Fsp3) is 0.267. The van der Waals surface area contributed by atoms with E-state index in [-0.39, 0.29) is 16.2 Å². The van der Waals surface area contributed by atoms with Gasteiger partial charge in [0.2, 0.25) is 0 Å². The van der Waals surface area contributed by atoms with E-state index in [0.29, 0.717) is 40.8 Å². The van der Waals surface area contributed by atoms with Crippen molar-refractivity contribution in [2.24, 2.45) is 0 Å². The van der Waals surface area contributed by atoms with Crippen molar-refractivity contribution in [3.63, 3.8) is 0 Å². The Hall–Kier alpha value is -6.09. The normalized spacial score (nSPS) is 12.2. The average molecular weight is 712 g/mol. The second kappa shape index (κ2) is 14.0. The van der Waals surface area contributed by atoms with E-state index in [1.165, 1.54) is 0 Å². The van der Waals surface area contributed by atoms with E-state index < -0.39 is 0 Å². The van der Waals surface area contributed by atoms with Crippen molar-refractivity contribution in [1.29, 1.82) is 0 Å². The molecule has 7 rings (SSSR count). The van der Waals surface area contributed by atoms with Gasteiger partial charge >= 0.3 is 0 Å². The molecule has 9 heteroatoms. The van der Waals surface area contributed by atoms with Gasteiger partial charge in [-0.1, -0.05) is 159 Å². The van der Waals surface area contributed by atoms with Crippen LogP contribution in [-0.4, -0.2) is 44.9 Å². The van der Waals surface area contributed by atoms with Crippen molar-refractivity contribution in [3.05, 3.63) is 127 Å². The highest BCUT2D eigenvalue weighted by atomic mass is 15.1. The molecule has 4 aromatic carbocycles. The lowest BCUT2D eigenvalue weighted by Gasteiger charge is -2.22. The average Bonchev–Trinajstić information content (AvgIpc) is 3.17. The molecule has 0 radical (unpaired) electrons. The van der Waals surface area contributed by atoms with E-state index in [9.17, 15) is 0 Å². The number of rotatable bonds is 6. The van der Waals surface area contributed by atoms with E-state index in [0.717, 1.165) is 45.0 Å². The molecule has 0 amide bonds. The summed E-state index contributed by atoms with van der Waals surface area (Å²) >= 11 is 0. The maximum absolute atomic E-state index is 5.07. The van der Waals surface area contributed by atoms with Gasteiger partial charge in [0, 0.05) is 49.6 Å². The van der Waals surface area contributed by atoms with Crippen molar-refractivity contribution < 1.29 is 0 Å². The molecule has 3 heterocycles. The first kappa shape index (κ1) is 36.3. The molecule has 0 saturated heterocycles. The predicted molar refractivity (Wildman–Crippen MR) is 215 cm³/mol. The summed E-state index contributed by atoms with van der Waals surface area (Å²) in [5.41, 5.74) is 4.33. The summed E-state index contributed by atoms with van der Waals surface area (Å²) < 4.78 is 0. The van der Waals surface area contributed by atoms with Gasteiger partial charge in [0.1, 0.15) is 17.5 Å². The number of aromatic nitrogens is 9. The summed E-state index contributed by atoms with van der Waals surface area (Å²) in [7, 11) is 0. The maximum Gasteiger partial charge on any atom is 0.164 e. The Labute approximate surface area is 317 Å². The summed E-state index contributed by atoms with van der Waals surface area (Å²) in [6.45, 7) is 19.0. The standard InChI is InChI=1S/C45H45N9/c1-43(2,3)40-50-37(49-38(51-40)32-24-17-25-33(27-32)39-52-41(44(4,5)6)54-42(53-39)45(7,8)9)31-23-16-22-30(26-31)36-47-34(28-18-12-10-13-19-28)46-35(48-36)29-20-14-11-15-21-29/h10-27H,1-9H3. The lowest BCUT2D eigenvalue weighted by molar-refractivity contribution is 0.497. The number of benzene rings is 4. The van der Waals surface area contributed by atoms with Crippen LogP contribution in [0.3, 0.4) is 0 Å². The van der Waals surface area contributed by atoms with Gasteiger partial charge in [-0.15, -0.1) is 0 Å². The molecule has 9 nitrogen and oxygen atoms in total. The van der Waals surface area contributed by atoms with Gasteiger partial charge in [0.15, 0.2) is 34.9 Å². The Bertz CT molecular complexity index is 2350. The molecule has 0 spiro atoms. The molecule has 0 aliphatic heterocycles. The zero-order chi connectivity index (χ0) is 38.3. The lowest BCUT2D eigenvalue weighted by atomic mass is 9.93. The molecule has 7 aromatic rings. The third-order valence-electron chi connectivity index (χ3n) is 8.74.